The summed E-state index contributed by atoms with van der Waals surface area (Å²) >= 11 is 0. The molecule has 1 aliphatic heterocycles. The zero-order valence-corrected chi connectivity index (χ0v) is 17.7. The van der Waals surface area contributed by atoms with Crippen molar-refractivity contribution in [1.29, 1.82) is 0 Å². The number of hydrogen-bond acceptors (Lipinski definition) is 7. The van der Waals surface area contributed by atoms with E-state index in [1.54, 1.807) is 45.3 Å². The summed E-state index contributed by atoms with van der Waals surface area (Å²) in [5.74, 6) is 1.88. The number of allylic oxidation sites excluding steroid dienone is 1. The van der Waals surface area contributed by atoms with Gasteiger partial charge in [-0.1, -0.05) is 0 Å². The first-order valence-electron chi connectivity index (χ1n) is 9.07. The Morgan fingerprint density at radius 2 is 1.63 bits per heavy atom. The topological polar surface area (TPSA) is 83.5 Å². The number of aryl methyl sites for hydroxylation is 1. The maximum Gasteiger partial charge on any atom is 0.414 e. The Labute approximate surface area is 174 Å². The fraction of sp³-hybridized carbons (Fsp3) is 0.273. The highest BCUT2D eigenvalue weighted by Gasteiger charge is 2.30. The zero-order valence-electron chi connectivity index (χ0n) is 17.7. The normalized spacial score (nSPS) is 13.5. The number of benzene rings is 2. The van der Waals surface area contributed by atoms with Crippen LogP contribution in [0.2, 0.25) is 0 Å². The number of nitrogens with zero attached hydrogens (tertiary/aromatic N) is 1. The molecule has 0 saturated heterocycles. The lowest BCUT2D eigenvalue weighted by atomic mass is 10.0. The number of hydrogen-bond donors (Lipinski definition) is 0. The number of carbonyl (C=O) groups excluding carboxylic acids is 2. The fourth-order valence-corrected chi connectivity index (χ4v) is 3.06. The van der Waals surface area contributed by atoms with Gasteiger partial charge < -0.3 is 28.6 Å². The maximum absolute atomic E-state index is 12.9. The molecule has 2 aromatic carbocycles. The summed E-state index contributed by atoms with van der Waals surface area (Å²) in [6.07, 6.45) is 1.07. The molecule has 3 rings (SSSR count). The van der Waals surface area contributed by atoms with Crippen LogP contribution in [-0.4, -0.2) is 52.2 Å². The molecule has 30 heavy (non-hydrogen) atoms. The molecule has 0 fully saturated rings. The molecule has 158 valence electrons. The molecule has 0 unspecified atom stereocenters. The van der Waals surface area contributed by atoms with E-state index in [2.05, 4.69) is 0 Å². The van der Waals surface area contributed by atoms with Gasteiger partial charge in [0.05, 0.1) is 26.9 Å². The standard InChI is InChI=1S/C22H23NO7/c1-12-7-14(29-22(25)23(2)3)11-15-19(12)20(24)16(30-15)8-13-9-17(26-4)21(28-6)18(10-13)27-5/h7-11H,1-6H3/b16-8-. The van der Waals surface area contributed by atoms with Crippen molar-refractivity contribution in [2.24, 2.45) is 0 Å². The predicted molar refractivity (Wildman–Crippen MR) is 110 cm³/mol. The Bertz CT molecular complexity index is 1020. The minimum absolute atomic E-state index is 0.137. The summed E-state index contributed by atoms with van der Waals surface area (Å²) < 4.78 is 27.1. The van der Waals surface area contributed by atoms with Gasteiger partial charge in [0.1, 0.15) is 11.5 Å². The third-order valence-corrected chi connectivity index (χ3v) is 4.50. The third-order valence-electron chi connectivity index (χ3n) is 4.50. The summed E-state index contributed by atoms with van der Waals surface area (Å²) in [6, 6.07) is 6.58. The third kappa shape index (κ3) is 3.89. The Balaban J connectivity index is 1.97. The van der Waals surface area contributed by atoms with Crippen molar-refractivity contribution in [1.82, 2.24) is 4.90 Å². The quantitative estimate of drug-likeness (QED) is 0.691. The monoisotopic (exact) mass is 413 g/mol. The van der Waals surface area contributed by atoms with Crippen LogP contribution in [0.1, 0.15) is 21.5 Å². The van der Waals surface area contributed by atoms with E-state index in [1.165, 1.54) is 32.3 Å². The molecule has 0 spiro atoms. The van der Waals surface area contributed by atoms with Gasteiger partial charge in [-0.3, -0.25) is 4.79 Å². The zero-order chi connectivity index (χ0) is 22.0. The van der Waals surface area contributed by atoms with Crippen LogP contribution in [0.5, 0.6) is 28.7 Å². The number of methoxy groups -OCH3 is 3. The van der Waals surface area contributed by atoms with Crippen LogP contribution in [0, 0.1) is 6.92 Å². The summed E-state index contributed by atoms with van der Waals surface area (Å²) in [5.41, 5.74) is 1.71. The number of ketones is 1. The molecule has 0 saturated carbocycles. The van der Waals surface area contributed by atoms with Crippen LogP contribution >= 0.6 is 0 Å². The predicted octanol–water partition coefficient (Wildman–Crippen LogP) is 3.70. The number of rotatable bonds is 5. The van der Waals surface area contributed by atoms with E-state index in [0.29, 0.717) is 45.4 Å². The van der Waals surface area contributed by atoms with Gasteiger partial charge >= 0.3 is 6.09 Å². The van der Waals surface area contributed by atoms with E-state index < -0.39 is 6.09 Å². The Kier molecular flexibility index (Phi) is 5.86. The molecule has 0 bridgehead atoms. The van der Waals surface area contributed by atoms with Gasteiger partial charge in [-0.25, -0.2) is 4.79 Å². The van der Waals surface area contributed by atoms with Gasteiger partial charge in [0, 0.05) is 20.2 Å². The van der Waals surface area contributed by atoms with Crippen molar-refractivity contribution in [3.63, 3.8) is 0 Å². The largest absolute Gasteiger partial charge is 0.493 e. The molecule has 1 aliphatic rings. The summed E-state index contributed by atoms with van der Waals surface area (Å²) in [5, 5.41) is 0. The highest BCUT2D eigenvalue weighted by molar-refractivity contribution is 6.15. The molecule has 1 amide bonds. The van der Waals surface area contributed by atoms with Gasteiger partial charge in [0.15, 0.2) is 17.3 Å². The highest BCUT2D eigenvalue weighted by atomic mass is 16.6. The van der Waals surface area contributed by atoms with Crippen LogP contribution in [0.25, 0.3) is 6.08 Å². The summed E-state index contributed by atoms with van der Waals surface area (Å²) in [7, 11) is 7.71. The van der Waals surface area contributed by atoms with E-state index >= 15 is 0 Å². The van der Waals surface area contributed by atoms with Crippen LogP contribution < -0.4 is 23.7 Å². The van der Waals surface area contributed by atoms with E-state index in [4.69, 9.17) is 23.7 Å². The molecule has 1 heterocycles. The fourth-order valence-electron chi connectivity index (χ4n) is 3.06. The van der Waals surface area contributed by atoms with Gasteiger partial charge in [-0.05, 0) is 42.3 Å². The molecule has 0 N–H and O–H groups in total. The van der Waals surface area contributed by atoms with Crippen LogP contribution in [0.15, 0.2) is 30.0 Å². The number of ether oxygens (including phenoxy) is 5. The number of amides is 1. The minimum Gasteiger partial charge on any atom is -0.493 e. The molecular formula is C22H23NO7. The van der Waals surface area contributed by atoms with Crippen LogP contribution in [-0.2, 0) is 0 Å². The molecule has 0 aromatic heterocycles. The van der Waals surface area contributed by atoms with Crippen molar-refractivity contribution >= 4 is 18.0 Å². The molecule has 8 heteroatoms. The SMILES string of the molecule is COc1cc(/C=C2\Oc3cc(OC(=O)N(C)C)cc(C)c3C2=O)cc(OC)c1OC. The van der Waals surface area contributed by atoms with Crippen molar-refractivity contribution in [3.8, 4) is 28.7 Å². The second-order valence-corrected chi connectivity index (χ2v) is 6.77. The van der Waals surface area contributed by atoms with Crippen molar-refractivity contribution in [2.75, 3.05) is 35.4 Å². The molecular weight excluding hydrogens is 390 g/mol. The van der Waals surface area contributed by atoms with E-state index in [-0.39, 0.29) is 11.5 Å². The number of carbonyl (C=O) groups is 2. The lowest BCUT2D eigenvalue weighted by Crippen LogP contribution is -2.25. The van der Waals surface area contributed by atoms with Crippen molar-refractivity contribution < 1.29 is 33.3 Å². The van der Waals surface area contributed by atoms with Crippen molar-refractivity contribution in [3.05, 3.63) is 46.7 Å². The Hall–Kier alpha value is -3.68. The molecule has 8 nitrogen and oxygen atoms in total. The maximum atomic E-state index is 12.9. The van der Waals surface area contributed by atoms with Gasteiger partial charge in [0.25, 0.3) is 0 Å². The average molecular weight is 413 g/mol. The minimum atomic E-state index is -0.521. The first-order chi connectivity index (χ1) is 14.3. The van der Waals surface area contributed by atoms with E-state index in [1.807, 2.05) is 0 Å². The van der Waals surface area contributed by atoms with Crippen molar-refractivity contribution in [2.45, 2.75) is 6.92 Å². The second kappa shape index (κ2) is 8.36. The number of Topliss-reactive ketones (excluding diaryl/α,β-unsaturated/α-hetero) is 1. The molecule has 0 radical (unpaired) electrons. The second-order valence-electron chi connectivity index (χ2n) is 6.77. The Morgan fingerprint density at radius 3 is 2.17 bits per heavy atom. The summed E-state index contributed by atoms with van der Waals surface area (Å²) in [4.78, 5) is 26.0. The molecule has 0 aliphatic carbocycles. The first kappa shape index (κ1) is 21.0. The molecule has 2 aromatic rings. The first-order valence-corrected chi connectivity index (χ1v) is 9.07. The van der Waals surface area contributed by atoms with Gasteiger partial charge in [0.2, 0.25) is 11.5 Å². The van der Waals surface area contributed by atoms with Crippen LogP contribution in [0.3, 0.4) is 0 Å². The number of fused-ring (bicyclic) bond motifs is 1. The van der Waals surface area contributed by atoms with Gasteiger partial charge in [-0.15, -0.1) is 0 Å². The average Bonchev–Trinajstić information content (AvgIpc) is 3.02. The molecule has 0 atom stereocenters. The van der Waals surface area contributed by atoms with E-state index in [9.17, 15) is 9.59 Å². The van der Waals surface area contributed by atoms with E-state index in [0.717, 1.165) is 0 Å². The smallest absolute Gasteiger partial charge is 0.414 e. The Morgan fingerprint density at radius 1 is 1.00 bits per heavy atom. The lowest BCUT2D eigenvalue weighted by Gasteiger charge is -2.13. The highest BCUT2D eigenvalue weighted by Crippen LogP contribution is 2.41. The van der Waals surface area contributed by atoms with Crippen LogP contribution in [0.4, 0.5) is 4.79 Å². The van der Waals surface area contributed by atoms with Gasteiger partial charge in [-0.2, -0.15) is 0 Å². The summed E-state index contributed by atoms with van der Waals surface area (Å²) in [6.45, 7) is 1.76. The lowest BCUT2D eigenvalue weighted by molar-refractivity contribution is 0.101.